The van der Waals surface area contributed by atoms with E-state index in [1.807, 2.05) is 6.08 Å². The summed E-state index contributed by atoms with van der Waals surface area (Å²) in [5, 5.41) is 23.2. The zero-order valence-corrected chi connectivity index (χ0v) is 54.8. The number of aliphatic hydroxyl groups is 2. The Morgan fingerprint density at radius 1 is 0.333 bits per heavy atom. The van der Waals surface area contributed by atoms with E-state index in [0.717, 1.165) is 44.9 Å². The first-order chi connectivity index (χ1) is 40.0. The molecule has 0 saturated heterocycles. The summed E-state index contributed by atoms with van der Waals surface area (Å²) in [7, 11) is 0. The number of ether oxygens (including phenoxy) is 1. The Kier molecular flexibility index (Phi) is 68.9. The topological polar surface area (TPSA) is 95.9 Å². The van der Waals surface area contributed by atoms with Gasteiger partial charge >= 0.3 is 5.97 Å². The number of allylic oxidation sites excluding steroid dienone is 5. The summed E-state index contributed by atoms with van der Waals surface area (Å²) < 4.78 is 5.51. The fourth-order valence-electron chi connectivity index (χ4n) is 11.5. The molecule has 2 unspecified atom stereocenters. The summed E-state index contributed by atoms with van der Waals surface area (Å²) >= 11 is 0. The van der Waals surface area contributed by atoms with Crippen molar-refractivity contribution in [2.75, 3.05) is 13.2 Å². The van der Waals surface area contributed by atoms with Crippen LogP contribution in [0.25, 0.3) is 0 Å². The third-order valence-electron chi connectivity index (χ3n) is 17.1. The van der Waals surface area contributed by atoms with Gasteiger partial charge in [-0.05, 0) is 83.5 Å². The maximum atomic E-state index is 12.5. The molecule has 6 heteroatoms. The van der Waals surface area contributed by atoms with Gasteiger partial charge in [-0.25, -0.2) is 0 Å². The lowest BCUT2D eigenvalue weighted by Crippen LogP contribution is -2.45. The summed E-state index contributed by atoms with van der Waals surface area (Å²) in [6.45, 7) is 4.94. The Bertz CT molecular complexity index is 1310. The van der Waals surface area contributed by atoms with E-state index in [-0.39, 0.29) is 18.5 Å². The van der Waals surface area contributed by atoms with Gasteiger partial charge in [0.2, 0.25) is 5.91 Å². The highest BCUT2D eigenvalue weighted by Gasteiger charge is 2.18. The van der Waals surface area contributed by atoms with Crippen molar-refractivity contribution in [3.05, 3.63) is 36.5 Å². The molecule has 6 nitrogen and oxygen atoms in total. The largest absolute Gasteiger partial charge is 0.466 e. The molecule has 0 heterocycles. The van der Waals surface area contributed by atoms with Gasteiger partial charge in [-0.3, -0.25) is 9.59 Å². The van der Waals surface area contributed by atoms with Crippen molar-refractivity contribution < 1.29 is 24.5 Å². The van der Waals surface area contributed by atoms with Gasteiger partial charge in [0.25, 0.3) is 0 Å². The number of hydrogen-bond acceptors (Lipinski definition) is 5. The highest BCUT2D eigenvalue weighted by molar-refractivity contribution is 5.76. The van der Waals surface area contributed by atoms with Crippen LogP contribution in [0.2, 0.25) is 0 Å². The summed E-state index contributed by atoms with van der Waals surface area (Å²) in [5.74, 6) is -0.0542. The molecule has 0 bridgehead atoms. The lowest BCUT2D eigenvalue weighted by atomic mass is 10.0. The molecule has 0 aliphatic heterocycles. The van der Waals surface area contributed by atoms with E-state index in [1.165, 1.54) is 334 Å². The summed E-state index contributed by atoms with van der Waals surface area (Å²) in [6.07, 6.45) is 90.9. The molecular weight excluding hydrogens is 995 g/mol. The summed E-state index contributed by atoms with van der Waals surface area (Å²) in [6, 6.07) is -0.631. The van der Waals surface area contributed by atoms with Gasteiger partial charge in [0.1, 0.15) is 0 Å². The maximum Gasteiger partial charge on any atom is 0.305 e. The highest BCUT2D eigenvalue weighted by Crippen LogP contribution is 2.18. The quantitative estimate of drug-likeness (QED) is 0.0320. The third kappa shape index (κ3) is 67.1. The van der Waals surface area contributed by atoms with Crippen LogP contribution in [-0.2, 0) is 14.3 Å². The number of unbranched alkanes of at least 4 members (excludes halogenated alkanes) is 54. The van der Waals surface area contributed by atoms with E-state index in [2.05, 4.69) is 43.5 Å². The van der Waals surface area contributed by atoms with Crippen LogP contribution in [0.5, 0.6) is 0 Å². The second-order valence-electron chi connectivity index (χ2n) is 25.3. The monoisotopic (exact) mass is 1140 g/mol. The van der Waals surface area contributed by atoms with Crippen LogP contribution >= 0.6 is 0 Å². The van der Waals surface area contributed by atoms with Crippen LogP contribution < -0.4 is 5.32 Å². The predicted octanol–water partition coefficient (Wildman–Crippen LogP) is 23.9. The standard InChI is InChI=1S/C75H143NO5/c1-3-5-7-9-11-13-15-17-19-21-23-32-35-39-43-47-51-55-59-63-67-73(78)72(71-77)76-74(79)68-64-60-56-52-48-44-40-36-33-29-27-25-24-26-28-30-34-38-42-46-50-54-58-62-66-70-81-75(80)69-65-61-57-53-49-45-41-37-31-22-20-18-16-14-12-10-8-6-4-2/h18,20,25,27,63,67,72-73,77-78H,3-17,19,21-24,26,28-62,64-66,68-71H2,1-2H3,(H,76,79)/b20-18-,27-25-,67-63+. The lowest BCUT2D eigenvalue weighted by Gasteiger charge is -2.20. The van der Waals surface area contributed by atoms with Crippen molar-refractivity contribution in [3.8, 4) is 0 Å². The van der Waals surface area contributed by atoms with Crippen molar-refractivity contribution in [2.24, 2.45) is 0 Å². The number of amides is 1. The van der Waals surface area contributed by atoms with Gasteiger partial charge in [-0.15, -0.1) is 0 Å². The zero-order chi connectivity index (χ0) is 58.5. The van der Waals surface area contributed by atoms with Gasteiger partial charge < -0.3 is 20.3 Å². The molecule has 478 valence electrons. The molecule has 0 aliphatic rings. The minimum absolute atomic E-state index is 0.0133. The van der Waals surface area contributed by atoms with E-state index in [0.29, 0.717) is 19.4 Å². The first-order valence-electron chi connectivity index (χ1n) is 36.8. The molecule has 0 aromatic rings. The van der Waals surface area contributed by atoms with Crippen molar-refractivity contribution in [1.29, 1.82) is 0 Å². The van der Waals surface area contributed by atoms with E-state index < -0.39 is 12.1 Å². The van der Waals surface area contributed by atoms with E-state index in [1.54, 1.807) is 6.08 Å². The first kappa shape index (κ1) is 79.1. The maximum absolute atomic E-state index is 12.5. The van der Waals surface area contributed by atoms with E-state index >= 15 is 0 Å². The van der Waals surface area contributed by atoms with Crippen LogP contribution in [0.15, 0.2) is 36.5 Å². The molecule has 0 rings (SSSR count). The SMILES string of the molecule is CCCCCCCC/C=C\CCCCCCCCCCCC(=O)OCCCCCCCCCCCCCC/C=C\CCCCCCCCCCCC(=O)NC(CO)C(O)/C=C/CCCCCCCCCCCCCCCCCCCC. The minimum atomic E-state index is -0.848. The molecule has 0 fully saturated rings. The summed E-state index contributed by atoms with van der Waals surface area (Å²) in [4.78, 5) is 24.6. The second kappa shape index (κ2) is 70.6. The number of nitrogens with one attached hydrogen (secondary N) is 1. The summed E-state index contributed by atoms with van der Waals surface area (Å²) in [5.41, 5.74) is 0. The fraction of sp³-hybridized carbons (Fsp3) is 0.893. The number of aliphatic hydroxyl groups excluding tert-OH is 2. The van der Waals surface area contributed by atoms with Crippen molar-refractivity contribution in [2.45, 2.75) is 418 Å². The fourth-order valence-corrected chi connectivity index (χ4v) is 11.5. The highest BCUT2D eigenvalue weighted by atomic mass is 16.5. The van der Waals surface area contributed by atoms with E-state index in [4.69, 9.17) is 4.74 Å². The molecule has 0 aromatic heterocycles. The number of carbonyl (C=O) groups excluding carboxylic acids is 2. The van der Waals surface area contributed by atoms with Crippen LogP contribution in [0, 0.1) is 0 Å². The molecule has 81 heavy (non-hydrogen) atoms. The van der Waals surface area contributed by atoms with Gasteiger partial charge in [0.05, 0.1) is 25.4 Å². The number of esters is 1. The predicted molar refractivity (Wildman–Crippen MR) is 356 cm³/mol. The normalized spacial score (nSPS) is 12.7. The average Bonchev–Trinajstić information content (AvgIpc) is 3.47. The Hall–Kier alpha value is -1.92. The van der Waals surface area contributed by atoms with Gasteiger partial charge in [0, 0.05) is 12.8 Å². The molecule has 2 atom stereocenters. The van der Waals surface area contributed by atoms with Crippen molar-refractivity contribution in [3.63, 3.8) is 0 Å². The van der Waals surface area contributed by atoms with Crippen molar-refractivity contribution in [1.82, 2.24) is 5.32 Å². The van der Waals surface area contributed by atoms with Gasteiger partial charge in [0.15, 0.2) is 0 Å². The Morgan fingerprint density at radius 3 is 0.877 bits per heavy atom. The van der Waals surface area contributed by atoms with Gasteiger partial charge in [-0.1, -0.05) is 346 Å². The molecule has 0 saturated carbocycles. The average molecular weight is 1140 g/mol. The molecule has 1 amide bonds. The molecule has 0 aromatic carbocycles. The van der Waals surface area contributed by atoms with Crippen LogP contribution in [0.3, 0.4) is 0 Å². The van der Waals surface area contributed by atoms with Crippen molar-refractivity contribution >= 4 is 11.9 Å². The number of carbonyl (C=O) groups is 2. The zero-order valence-electron chi connectivity index (χ0n) is 54.8. The molecule has 0 aliphatic carbocycles. The van der Waals surface area contributed by atoms with Crippen LogP contribution in [0.4, 0.5) is 0 Å². The molecule has 0 spiro atoms. The first-order valence-corrected chi connectivity index (χ1v) is 36.8. The lowest BCUT2D eigenvalue weighted by molar-refractivity contribution is -0.143. The van der Waals surface area contributed by atoms with Gasteiger partial charge in [-0.2, -0.15) is 0 Å². The second-order valence-corrected chi connectivity index (χ2v) is 25.3. The number of rotatable bonds is 69. The molecule has 3 N–H and O–H groups in total. The Morgan fingerprint density at radius 2 is 0.580 bits per heavy atom. The number of hydrogen-bond donors (Lipinski definition) is 3. The van der Waals surface area contributed by atoms with Crippen LogP contribution in [-0.4, -0.2) is 47.4 Å². The Balaban J connectivity index is 3.41. The Labute approximate surface area is 506 Å². The molecule has 0 radical (unpaired) electrons. The minimum Gasteiger partial charge on any atom is -0.466 e. The third-order valence-corrected chi connectivity index (χ3v) is 17.1. The van der Waals surface area contributed by atoms with E-state index in [9.17, 15) is 19.8 Å². The smallest absolute Gasteiger partial charge is 0.305 e. The van der Waals surface area contributed by atoms with Crippen LogP contribution in [0.1, 0.15) is 406 Å². The molecular formula is C75H143NO5.